The van der Waals surface area contributed by atoms with Crippen LogP contribution in [0.5, 0.6) is 0 Å². The van der Waals surface area contributed by atoms with E-state index in [1.54, 1.807) is 17.0 Å². The fourth-order valence-corrected chi connectivity index (χ4v) is 4.31. The first-order chi connectivity index (χ1) is 12.6. The zero-order valence-electron chi connectivity index (χ0n) is 14.6. The first-order valence-corrected chi connectivity index (χ1v) is 10.2. The van der Waals surface area contributed by atoms with Gasteiger partial charge in [0.15, 0.2) is 5.13 Å². The van der Waals surface area contributed by atoms with Crippen LogP contribution in [0.2, 0.25) is 0 Å². The Bertz CT molecular complexity index is 893. The molecule has 3 rings (SSSR count). The summed E-state index contributed by atoms with van der Waals surface area (Å²) in [5, 5.41) is 2.55. The molecule has 0 spiro atoms. The molecule has 3 nitrogen and oxygen atoms in total. The second-order valence-electron chi connectivity index (χ2n) is 5.71. The van der Waals surface area contributed by atoms with E-state index >= 15 is 0 Å². The third kappa shape index (κ3) is 4.31. The first-order valence-electron chi connectivity index (χ1n) is 8.30. The Hall–Kier alpha value is -2.18. The molecule has 134 valence electrons. The maximum Gasteiger partial charge on any atom is 0.230 e. The van der Waals surface area contributed by atoms with Gasteiger partial charge in [0.25, 0.3) is 0 Å². The van der Waals surface area contributed by atoms with Crippen molar-refractivity contribution < 1.29 is 9.18 Å². The number of rotatable bonds is 6. The molecule has 0 aliphatic heterocycles. The van der Waals surface area contributed by atoms with Gasteiger partial charge in [0.2, 0.25) is 5.91 Å². The molecular formula is C20H19FN2OS2. The van der Waals surface area contributed by atoms with E-state index in [2.05, 4.69) is 11.9 Å². The summed E-state index contributed by atoms with van der Waals surface area (Å²) in [7, 11) is 0. The average molecular weight is 387 g/mol. The van der Waals surface area contributed by atoms with Crippen molar-refractivity contribution in [2.75, 3.05) is 4.90 Å². The molecule has 6 heteroatoms. The number of hydrogen-bond donors (Lipinski definition) is 0. The molecule has 1 aromatic heterocycles. The summed E-state index contributed by atoms with van der Waals surface area (Å²) in [6, 6.07) is 14.6. The van der Waals surface area contributed by atoms with Gasteiger partial charge in [-0.05, 0) is 36.2 Å². The zero-order chi connectivity index (χ0) is 18.5. The highest BCUT2D eigenvalue weighted by atomic mass is 32.2. The summed E-state index contributed by atoms with van der Waals surface area (Å²) in [5.41, 5.74) is 2.85. The normalized spacial score (nSPS) is 10.7. The highest BCUT2D eigenvalue weighted by Crippen LogP contribution is 2.32. The quantitative estimate of drug-likeness (QED) is 0.500. The van der Waals surface area contributed by atoms with Crippen molar-refractivity contribution in [3.63, 3.8) is 0 Å². The molecule has 0 aliphatic rings. The lowest BCUT2D eigenvalue weighted by Crippen LogP contribution is -2.22. The van der Waals surface area contributed by atoms with Crippen molar-refractivity contribution in [3.8, 4) is 0 Å². The minimum atomic E-state index is -0.227. The van der Waals surface area contributed by atoms with Gasteiger partial charge >= 0.3 is 0 Å². The molecule has 0 radical (unpaired) electrons. The highest BCUT2D eigenvalue weighted by molar-refractivity contribution is 7.98. The number of benzene rings is 2. The van der Waals surface area contributed by atoms with Crippen LogP contribution >= 0.6 is 23.1 Å². The lowest BCUT2D eigenvalue weighted by atomic mass is 10.1. The summed E-state index contributed by atoms with van der Waals surface area (Å²) >= 11 is 2.82. The maximum absolute atomic E-state index is 13.7. The van der Waals surface area contributed by atoms with Crippen LogP contribution in [0.3, 0.4) is 0 Å². The Balaban J connectivity index is 1.77. The lowest BCUT2D eigenvalue weighted by molar-refractivity contribution is -0.115. The monoisotopic (exact) mass is 386 g/mol. The van der Waals surface area contributed by atoms with E-state index in [0.29, 0.717) is 15.8 Å². The molecule has 0 bridgehead atoms. The second-order valence-corrected chi connectivity index (χ2v) is 7.57. The number of halogens is 1. The van der Waals surface area contributed by atoms with E-state index in [0.717, 1.165) is 17.8 Å². The highest BCUT2D eigenvalue weighted by Gasteiger charge is 2.18. The molecule has 1 amide bonds. The van der Waals surface area contributed by atoms with Crippen molar-refractivity contribution in [2.24, 2.45) is 0 Å². The minimum absolute atomic E-state index is 0.0862. The topological polar surface area (TPSA) is 33.2 Å². The van der Waals surface area contributed by atoms with Gasteiger partial charge in [-0.1, -0.05) is 31.2 Å². The van der Waals surface area contributed by atoms with Crippen molar-refractivity contribution in [1.82, 2.24) is 4.98 Å². The standard InChI is InChI=1S/C20H19FN2OS2/c1-3-15-8-10-17(11-9-15)23(14(2)24)20-22-16(13-26-20)12-25-19-7-5-4-6-18(19)21/h4-11,13H,3,12H2,1-2H3. The van der Waals surface area contributed by atoms with Gasteiger partial charge in [0.1, 0.15) is 5.82 Å². The molecule has 0 saturated heterocycles. The molecule has 0 unspecified atom stereocenters. The number of carbonyl (C=O) groups excluding carboxylic acids is 1. The zero-order valence-corrected chi connectivity index (χ0v) is 16.2. The van der Waals surface area contributed by atoms with Gasteiger partial charge in [-0.25, -0.2) is 9.37 Å². The van der Waals surface area contributed by atoms with E-state index in [9.17, 15) is 9.18 Å². The first kappa shape index (κ1) is 18.6. The minimum Gasteiger partial charge on any atom is -0.274 e. The molecular weight excluding hydrogens is 367 g/mol. The largest absolute Gasteiger partial charge is 0.274 e. The number of thiazole rings is 1. The number of thioether (sulfide) groups is 1. The second kappa shape index (κ2) is 8.47. The Morgan fingerprint density at radius 2 is 1.92 bits per heavy atom. The van der Waals surface area contributed by atoms with Crippen molar-refractivity contribution >= 4 is 39.8 Å². The van der Waals surface area contributed by atoms with E-state index in [4.69, 9.17) is 0 Å². The predicted octanol–water partition coefficient (Wildman–Crippen LogP) is 5.82. The van der Waals surface area contributed by atoms with Gasteiger partial charge in [0, 0.05) is 23.0 Å². The predicted molar refractivity (Wildman–Crippen MR) is 107 cm³/mol. The fraction of sp³-hybridized carbons (Fsp3) is 0.200. The number of anilines is 2. The summed E-state index contributed by atoms with van der Waals surface area (Å²) in [6.45, 7) is 3.63. The lowest BCUT2D eigenvalue weighted by Gasteiger charge is -2.18. The number of amides is 1. The van der Waals surface area contributed by atoms with Crippen LogP contribution in [0.4, 0.5) is 15.2 Å². The number of carbonyl (C=O) groups is 1. The van der Waals surface area contributed by atoms with Crippen molar-refractivity contribution in [3.05, 3.63) is 71.0 Å². The van der Waals surface area contributed by atoms with Crippen LogP contribution in [-0.4, -0.2) is 10.9 Å². The van der Waals surface area contributed by atoms with Crippen LogP contribution < -0.4 is 4.90 Å². The van der Waals surface area contributed by atoms with Gasteiger partial charge in [-0.3, -0.25) is 9.69 Å². The van der Waals surface area contributed by atoms with E-state index < -0.39 is 0 Å². The Labute approximate surface area is 160 Å². The molecule has 0 saturated carbocycles. The molecule has 1 heterocycles. The molecule has 0 fully saturated rings. The smallest absolute Gasteiger partial charge is 0.230 e. The third-order valence-electron chi connectivity index (χ3n) is 3.86. The molecule has 0 atom stereocenters. The SMILES string of the molecule is CCc1ccc(N(C(C)=O)c2nc(CSc3ccccc3F)cs2)cc1. The van der Waals surface area contributed by atoms with E-state index in [1.165, 1.54) is 41.7 Å². The third-order valence-corrected chi connectivity index (χ3v) is 5.82. The Kier molecular flexibility index (Phi) is 6.06. The summed E-state index contributed by atoms with van der Waals surface area (Å²) in [5.74, 6) is 0.240. The molecule has 26 heavy (non-hydrogen) atoms. The number of hydrogen-bond acceptors (Lipinski definition) is 4. The number of nitrogens with zero attached hydrogens (tertiary/aromatic N) is 2. The van der Waals surface area contributed by atoms with Crippen LogP contribution in [0.15, 0.2) is 58.8 Å². The van der Waals surface area contributed by atoms with Crippen LogP contribution in [0, 0.1) is 5.82 Å². The van der Waals surface area contributed by atoms with Gasteiger partial charge < -0.3 is 0 Å². The van der Waals surface area contributed by atoms with E-state index in [-0.39, 0.29) is 11.7 Å². The van der Waals surface area contributed by atoms with Gasteiger partial charge in [-0.2, -0.15) is 0 Å². The summed E-state index contributed by atoms with van der Waals surface area (Å²) in [6.07, 6.45) is 0.953. The Morgan fingerprint density at radius 3 is 2.58 bits per heavy atom. The summed E-state index contributed by atoms with van der Waals surface area (Å²) < 4.78 is 13.7. The van der Waals surface area contributed by atoms with Crippen molar-refractivity contribution in [1.29, 1.82) is 0 Å². The van der Waals surface area contributed by atoms with Gasteiger partial charge in [0.05, 0.1) is 11.4 Å². The number of aromatic nitrogens is 1. The number of aryl methyl sites for hydroxylation is 1. The van der Waals surface area contributed by atoms with E-state index in [1.807, 2.05) is 35.7 Å². The Morgan fingerprint density at radius 1 is 1.19 bits per heavy atom. The van der Waals surface area contributed by atoms with Crippen LogP contribution in [0.1, 0.15) is 25.1 Å². The molecule has 0 aliphatic carbocycles. The van der Waals surface area contributed by atoms with Gasteiger partial charge in [-0.15, -0.1) is 23.1 Å². The van der Waals surface area contributed by atoms with Crippen LogP contribution in [0.25, 0.3) is 0 Å². The maximum atomic E-state index is 13.7. The van der Waals surface area contributed by atoms with Crippen LogP contribution in [-0.2, 0) is 17.0 Å². The summed E-state index contributed by atoms with van der Waals surface area (Å²) in [4.78, 5) is 19.0. The molecule has 0 N–H and O–H groups in total. The molecule has 3 aromatic rings. The average Bonchev–Trinajstić information content (AvgIpc) is 3.10. The fourth-order valence-electron chi connectivity index (χ4n) is 2.49. The van der Waals surface area contributed by atoms with Crippen molar-refractivity contribution in [2.45, 2.75) is 30.9 Å². The molecule has 2 aromatic carbocycles.